The monoisotopic (exact) mass is 334 g/mol. The largest absolute Gasteiger partial charge is 0.479 e. The van der Waals surface area contributed by atoms with Crippen molar-refractivity contribution in [3.63, 3.8) is 0 Å². The number of benzene rings is 1. The van der Waals surface area contributed by atoms with Crippen molar-refractivity contribution in [1.82, 2.24) is 10.2 Å². The second-order valence-electron chi connectivity index (χ2n) is 5.91. The highest BCUT2D eigenvalue weighted by atomic mass is 16.5. The lowest BCUT2D eigenvalue weighted by Gasteiger charge is -2.32. The van der Waals surface area contributed by atoms with E-state index in [1.165, 1.54) is 11.8 Å². The Morgan fingerprint density at radius 3 is 2.58 bits per heavy atom. The molecule has 0 aromatic heterocycles. The second-order valence-corrected chi connectivity index (χ2v) is 5.91. The number of carbonyl (C=O) groups is 3. The van der Waals surface area contributed by atoms with Crippen molar-refractivity contribution >= 4 is 17.8 Å². The zero-order valence-corrected chi connectivity index (χ0v) is 13.8. The topological polar surface area (TPSA) is 95.9 Å². The molecule has 1 aromatic rings. The molecule has 0 spiro atoms. The molecule has 1 aliphatic heterocycles. The summed E-state index contributed by atoms with van der Waals surface area (Å²) in [6.07, 6.45) is -0.920. The number of hydrogen-bond donors (Lipinski definition) is 2. The van der Waals surface area contributed by atoms with E-state index in [2.05, 4.69) is 5.32 Å². The van der Waals surface area contributed by atoms with Crippen LogP contribution in [-0.4, -0.2) is 53.6 Å². The average molecular weight is 334 g/mol. The quantitative estimate of drug-likeness (QED) is 0.833. The molecule has 7 heteroatoms. The van der Waals surface area contributed by atoms with Crippen molar-refractivity contribution in [2.45, 2.75) is 32.4 Å². The smallest absolute Gasteiger partial charge is 0.334 e. The van der Waals surface area contributed by atoms with Crippen LogP contribution in [0.5, 0.6) is 0 Å². The first-order valence-corrected chi connectivity index (χ1v) is 7.82. The fourth-order valence-corrected chi connectivity index (χ4v) is 2.63. The van der Waals surface area contributed by atoms with Gasteiger partial charge in [0, 0.05) is 13.5 Å². The molecule has 2 atom stereocenters. The molecular formula is C17H22N2O5. The van der Waals surface area contributed by atoms with E-state index in [-0.39, 0.29) is 31.4 Å². The summed E-state index contributed by atoms with van der Waals surface area (Å²) in [6, 6.07) is 7.15. The SMILES string of the molecule is CC(=O)N[C@H](CC(=O)N1CCO[C@@H](C(=O)O)C1)c1ccc(C)cc1. The van der Waals surface area contributed by atoms with E-state index < -0.39 is 18.1 Å². The lowest BCUT2D eigenvalue weighted by Crippen LogP contribution is -2.49. The molecule has 1 aromatic carbocycles. The summed E-state index contributed by atoms with van der Waals surface area (Å²) < 4.78 is 5.12. The molecule has 1 heterocycles. The Hall–Kier alpha value is -2.41. The first kappa shape index (κ1) is 17.9. The minimum absolute atomic E-state index is 0.0227. The van der Waals surface area contributed by atoms with Crippen LogP contribution in [0.3, 0.4) is 0 Å². The molecule has 2 rings (SSSR count). The number of carboxylic acid groups (broad SMARTS) is 1. The van der Waals surface area contributed by atoms with Crippen molar-refractivity contribution in [2.24, 2.45) is 0 Å². The van der Waals surface area contributed by atoms with Gasteiger partial charge in [0.1, 0.15) is 0 Å². The molecule has 24 heavy (non-hydrogen) atoms. The van der Waals surface area contributed by atoms with Crippen molar-refractivity contribution in [3.8, 4) is 0 Å². The van der Waals surface area contributed by atoms with Gasteiger partial charge in [-0.15, -0.1) is 0 Å². The van der Waals surface area contributed by atoms with Crippen LogP contribution < -0.4 is 5.32 Å². The third kappa shape index (κ3) is 4.79. The van der Waals surface area contributed by atoms with Gasteiger partial charge in [0.15, 0.2) is 6.10 Å². The summed E-state index contributed by atoms with van der Waals surface area (Å²) in [5.74, 6) is -1.51. The first-order valence-electron chi connectivity index (χ1n) is 7.82. The fraction of sp³-hybridized carbons (Fsp3) is 0.471. The van der Waals surface area contributed by atoms with Gasteiger partial charge in [-0.25, -0.2) is 4.79 Å². The second kappa shape index (κ2) is 7.92. The molecule has 2 amide bonds. The van der Waals surface area contributed by atoms with Gasteiger partial charge >= 0.3 is 5.97 Å². The third-order valence-corrected chi connectivity index (χ3v) is 3.93. The number of ether oxygens (including phenoxy) is 1. The van der Waals surface area contributed by atoms with Crippen LogP contribution in [-0.2, 0) is 19.1 Å². The van der Waals surface area contributed by atoms with Gasteiger partial charge in [0.05, 0.1) is 25.6 Å². The number of amides is 2. The zero-order valence-electron chi connectivity index (χ0n) is 13.8. The zero-order chi connectivity index (χ0) is 17.7. The number of morpholine rings is 1. The molecule has 0 bridgehead atoms. The summed E-state index contributed by atoms with van der Waals surface area (Å²) in [7, 11) is 0. The maximum atomic E-state index is 12.5. The molecule has 7 nitrogen and oxygen atoms in total. The van der Waals surface area contributed by atoms with Gasteiger partial charge in [-0.3, -0.25) is 9.59 Å². The number of carboxylic acids is 1. The van der Waals surface area contributed by atoms with E-state index in [1.807, 2.05) is 31.2 Å². The Kier molecular flexibility index (Phi) is 5.92. The minimum Gasteiger partial charge on any atom is -0.479 e. The Morgan fingerprint density at radius 1 is 1.33 bits per heavy atom. The van der Waals surface area contributed by atoms with Crippen LogP contribution in [0.25, 0.3) is 0 Å². The number of nitrogens with zero attached hydrogens (tertiary/aromatic N) is 1. The maximum absolute atomic E-state index is 12.5. The van der Waals surface area contributed by atoms with E-state index in [0.29, 0.717) is 6.54 Å². The van der Waals surface area contributed by atoms with E-state index in [4.69, 9.17) is 9.84 Å². The number of rotatable bonds is 5. The lowest BCUT2D eigenvalue weighted by atomic mass is 10.0. The van der Waals surface area contributed by atoms with Crippen LogP contribution in [0.1, 0.15) is 30.5 Å². The summed E-state index contributed by atoms with van der Waals surface area (Å²) in [5.41, 5.74) is 1.93. The van der Waals surface area contributed by atoms with Crippen molar-refractivity contribution in [1.29, 1.82) is 0 Å². The van der Waals surface area contributed by atoms with Crippen LogP contribution in [0.2, 0.25) is 0 Å². The van der Waals surface area contributed by atoms with Crippen LogP contribution >= 0.6 is 0 Å². The predicted octanol–water partition coefficient (Wildman–Crippen LogP) is 0.874. The van der Waals surface area contributed by atoms with Crippen molar-refractivity contribution in [3.05, 3.63) is 35.4 Å². The van der Waals surface area contributed by atoms with Gasteiger partial charge in [0.25, 0.3) is 0 Å². The Bertz CT molecular complexity index is 614. The van der Waals surface area contributed by atoms with E-state index in [0.717, 1.165) is 11.1 Å². The average Bonchev–Trinajstić information content (AvgIpc) is 2.54. The molecule has 1 fully saturated rings. The van der Waals surface area contributed by atoms with Gasteiger partial charge < -0.3 is 20.1 Å². The van der Waals surface area contributed by atoms with Gasteiger partial charge in [-0.05, 0) is 12.5 Å². The number of aliphatic carboxylic acids is 1. The van der Waals surface area contributed by atoms with E-state index in [1.54, 1.807) is 0 Å². The number of nitrogens with one attached hydrogen (secondary N) is 1. The standard InChI is InChI=1S/C17H22N2O5/c1-11-3-5-13(6-4-11)14(18-12(2)20)9-16(21)19-7-8-24-15(10-19)17(22)23/h3-6,14-15H,7-10H2,1-2H3,(H,18,20)(H,22,23)/t14-,15-/m1/s1. The number of aryl methyl sites for hydroxylation is 1. The molecule has 0 saturated carbocycles. The maximum Gasteiger partial charge on any atom is 0.334 e. The Morgan fingerprint density at radius 2 is 2.00 bits per heavy atom. The van der Waals surface area contributed by atoms with Crippen molar-refractivity contribution < 1.29 is 24.2 Å². The highest BCUT2D eigenvalue weighted by Crippen LogP contribution is 2.20. The van der Waals surface area contributed by atoms with Crippen LogP contribution in [0.4, 0.5) is 0 Å². The highest BCUT2D eigenvalue weighted by Gasteiger charge is 2.30. The lowest BCUT2D eigenvalue weighted by molar-refractivity contribution is -0.159. The predicted molar refractivity (Wildman–Crippen MR) is 86.3 cm³/mol. The van der Waals surface area contributed by atoms with E-state index in [9.17, 15) is 14.4 Å². The fourth-order valence-electron chi connectivity index (χ4n) is 2.63. The third-order valence-electron chi connectivity index (χ3n) is 3.93. The minimum atomic E-state index is -1.08. The molecule has 130 valence electrons. The highest BCUT2D eigenvalue weighted by molar-refractivity contribution is 5.80. The number of hydrogen-bond acceptors (Lipinski definition) is 4. The summed E-state index contributed by atoms with van der Waals surface area (Å²) in [5, 5.41) is 11.8. The van der Waals surface area contributed by atoms with Crippen LogP contribution in [0.15, 0.2) is 24.3 Å². The molecule has 1 saturated heterocycles. The van der Waals surface area contributed by atoms with E-state index >= 15 is 0 Å². The molecule has 0 aliphatic carbocycles. The normalized spacial score (nSPS) is 18.8. The molecule has 0 unspecified atom stereocenters. The molecule has 1 aliphatic rings. The summed E-state index contributed by atoms with van der Waals surface area (Å²) in [6.45, 7) is 3.93. The van der Waals surface area contributed by atoms with Gasteiger partial charge in [-0.1, -0.05) is 29.8 Å². The number of carbonyl (C=O) groups excluding carboxylic acids is 2. The Labute approximate surface area is 140 Å². The Balaban J connectivity index is 2.08. The van der Waals surface area contributed by atoms with Crippen LogP contribution in [0, 0.1) is 6.92 Å². The van der Waals surface area contributed by atoms with Crippen molar-refractivity contribution in [2.75, 3.05) is 19.7 Å². The first-order chi connectivity index (χ1) is 11.4. The summed E-state index contributed by atoms with van der Waals surface area (Å²) >= 11 is 0. The van der Waals surface area contributed by atoms with Gasteiger partial charge in [0.2, 0.25) is 11.8 Å². The molecule has 2 N–H and O–H groups in total. The summed E-state index contributed by atoms with van der Waals surface area (Å²) in [4.78, 5) is 36.5. The molecular weight excluding hydrogens is 312 g/mol. The molecule has 0 radical (unpaired) electrons. The van der Waals surface area contributed by atoms with Gasteiger partial charge in [-0.2, -0.15) is 0 Å².